The molecule has 9 heteroatoms. The molecule has 2 heterocycles. The van der Waals surface area contributed by atoms with Crippen molar-refractivity contribution in [3.63, 3.8) is 0 Å². The number of aromatic amines is 1. The van der Waals surface area contributed by atoms with Gasteiger partial charge in [-0.15, -0.1) is 0 Å². The van der Waals surface area contributed by atoms with E-state index < -0.39 is 22.0 Å². The molecule has 1 aliphatic rings. The molecule has 1 atom stereocenters. The van der Waals surface area contributed by atoms with Gasteiger partial charge in [0.15, 0.2) is 0 Å². The summed E-state index contributed by atoms with van der Waals surface area (Å²) < 4.78 is 27.5. The van der Waals surface area contributed by atoms with Crippen molar-refractivity contribution in [1.29, 1.82) is 0 Å². The Morgan fingerprint density at radius 2 is 2.00 bits per heavy atom. The highest BCUT2D eigenvalue weighted by molar-refractivity contribution is 7.89. The lowest BCUT2D eigenvalue weighted by molar-refractivity contribution is -0.119. The third-order valence-electron chi connectivity index (χ3n) is 4.49. The molecule has 1 fully saturated rings. The molecule has 2 N–H and O–H groups in total. The van der Waals surface area contributed by atoms with Crippen LogP contribution in [0, 0.1) is 0 Å². The summed E-state index contributed by atoms with van der Waals surface area (Å²) in [5.41, 5.74) is 0. The number of nitrogens with zero attached hydrogens (tertiary/aromatic N) is 3. The second-order valence-corrected chi connectivity index (χ2v) is 8.00. The zero-order valence-corrected chi connectivity index (χ0v) is 14.6. The molecule has 8 nitrogen and oxygen atoms in total. The van der Waals surface area contributed by atoms with E-state index in [4.69, 9.17) is 0 Å². The third-order valence-corrected chi connectivity index (χ3v) is 6.39. The number of rotatable bonds is 4. The molecule has 0 bridgehead atoms. The summed E-state index contributed by atoms with van der Waals surface area (Å²) >= 11 is 0. The first-order chi connectivity index (χ1) is 12.6. The Morgan fingerprint density at radius 1 is 1.19 bits per heavy atom. The van der Waals surface area contributed by atoms with Crippen molar-refractivity contribution in [1.82, 2.24) is 19.5 Å². The van der Waals surface area contributed by atoms with Crippen LogP contribution in [0.15, 0.2) is 53.7 Å². The number of nitrogens with one attached hydrogen (secondary N) is 2. The summed E-state index contributed by atoms with van der Waals surface area (Å²) in [5.74, 6) is -0.214. The number of H-pyrrole nitrogens is 1. The summed E-state index contributed by atoms with van der Waals surface area (Å²) in [6, 6.07) is 11.8. The van der Waals surface area contributed by atoms with Crippen LogP contribution >= 0.6 is 0 Å². The number of hydrogen-bond donors (Lipinski definition) is 2. The molecule has 134 valence electrons. The molecular formula is C17H17N5O3S. The van der Waals surface area contributed by atoms with Crippen LogP contribution in [0.2, 0.25) is 0 Å². The van der Waals surface area contributed by atoms with Crippen LogP contribution in [-0.2, 0) is 14.8 Å². The quantitative estimate of drug-likeness (QED) is 0.726. The predicted molar refractivity (Wildman–Crippen MR) is 95.9 cm³/mol. The molecule has 1 saturated heterocycles. The molecule has 4 rings (SSSR count). The number of sulfonamides is 1. The van der Waals surface area contributed by atoms with Crippen molar-refractivity contribution in [2.75, 3.05) is 11.9 Å². The van der Waals surface area contributed by atoms with Crippen LogP contribution in [0.3, 0.4) is 0 Å². The zero-order valence-electron chi connectivity index (χ0n) is 13.8. The van der Waals surface area contributed by atoms with Crippen LogP contribution in [0.25, 0.3) is 10.8 Å². The Balaban J connectivity index is 1.63. The van der Waals surface area contributed by atoms with Crippen molar-refractivity contribution >= 4 is 32.7 Å². The average molecular weight is 371 g/mol. The minimum absolute atomic E-state index is 0.190. The van der Waals surface area contributed by atoms with Gasteiger partial charge in [0.2, 0.25) is 21.9 Å². The maximum atomic E-state index is 13.1. The fourth-order valence-electron chi connectivity index (χ4n) is 3.22. The van der Waals surface area contributed by atoms with Crippen LogP contribution in [-0.4, -0.2) is 46.4 Å². The number of hydrogen-bond acceptors (Lipinski definition) is 5. The maximum absolute atomic E-state index is 13.1. The first-order valence-corrected chi connectivity index (χ1v) is 9.66. The van der Waals surface area contributed by atoms with E-state index in [0.717, 1.165) is 10.8 Å². The topological polar surface area (TPSA) is 108 Å². The minimum Gasteiger partial charge on any atom is -0.294 e. The number of benzene rings is 2. The molecule has 0 radical (unpaired) electrons. The van der Waals surface area contributed by atoms with Gasteiger partial charge in [0.05, 0.1) is 4.90 Å². The Bertz CT molecular complexity index is 1050. The van der Waals surface area contributed by atoms with Gasteiger partial charge in [-0.05, 0) is 35.7 Å². The van der Waals surface area contributed by atoms with E-state index in [9.17, 15) is 13.2 Å². The number of carbonyl (C=O) groups excluding carboxylic acids is 1. The van der Waals surface area contributed by atoms with Gasteiger partial charge >= 0.3 is 0 Å². The number of carbonyl (C=O) groups is 1. The van der Waals surface area contributed by atoms with E-state index in [1.807, 2.05) is 24.3 Å². The smallest absolute Gasteiger partial charge is 0.245 e. The summed E-state index contributed by atoms with van der Waals surface area (Å²) in [5, 5.41) is 10.6. The van der Waals surface area contributed by atoms with Gasteiger partial charge in [-0.25, -0.2) is 13.5 Å². The lowest BCUT2D eigenvalue weighted by atomic mass is 10.1. The van der Waals surface area contributed by atoms with E-state index in [1.165, 1.54) is 10.6 Å². The van der Waals surface area contributed by atoms with Crippen molar-refractivity contribution < 1.29 is 13.2 Å². The molecule has 1 unspecified atom stereocenters. The van der Waals surface area contributed by atoms with E-state index in [0.29, 0.717) is 19.4 Å². The normalized spacial score (nSPS) is 18.2. The van der Waals surface area contributed by atoms with Gasteiger partial charge in [-0.2, -0.15) is 14.4 Å². The van der Waals surface area contributed by atoms with Gasteiger partial charge < -0.3 is 0 Å². The Labute approximate surface area is 150 Å². The molecule has 0 spiro atoms. The maximum Gasteiger partial charge on any atom is 0.245 e. The Morgan fingerprint density at radius 3 is 2.77 bits per heavy atom. The summed E-state index contributed by atoms with van der Waals surface area (Å²) in [4.78, 5) is 16.5. The number of anilines is 1. The summed E-state index contributed by atoms with van der Waals surface area (Å²) in [6.07, 6.45) is 2.36. The molecular weight excluding hydrogens is 354 g/mol. The highest BCUT2D eigenvalue weighted by atomic mass is 32.2. The highest BCUT2D eigenvalue weighted by Gasteiger charge is 2.39. The fourth-order valence-corrected chi connectivity index (χ4v) is 4.91. The van der Waals surface area contributed by atoms with Gasteiger partial charge in [-0.1, -0.05) is 30.3 Å². The monoisotopic (exact) mass is 371 g/mol. The molecule has 1 amide bonds. The third kappa shape index (κ3) is 2.95. The number of aromatic nitrogens is 3. The van der Waals surface area contributed by atoms with Crippen molar-refractivity contribution in [3.8, 4) is 0 Å². The second-order valence-electron chi connectivity index (χ2n) is 6.11. The average Bonchev–Trinajstić information content (AvgIpc) is 3.33. The van der Waals surface area contributed by atoms with Crippen LogP contribution in [0.5, 0.6) is 0 Å². The molecule has 0 aliphatic carbocycles. The van der Waals surface area contributed by atoms with Crippen molar-refractivity contribution in [2.24, 2.45) is 0 Å². The molecule has 26 heavy (non-hydrogen) atoms. The lowest BCUT2D eigenvalue weighted by Gasteiger charge is -2.23. The van der Waals surface area contributed by atoms with E-state index >= 15 is 0 Å². The van der Waals surface area contributed by atoms with Crippen molar-refractivity contribution in [3.05, 3.63) is 48.8 Å². The van der Waals surface area contributed by atoms with E-state index in [2.05, 4.69) is 20.5 Å². The largest absolute Gasteiger partial charge is 0.294 e. The number of fused-ring (bicyclic) bond motifs is 1. The Kier molecular flexibility index (Phi) is 4.17. The molecule has 1 aliphatic heterocycles. The van der Waals surface area contributed by atoms with E-state index in [1.54, 1.807) is 18.2 Å². The summed E-state index contributed by atoms with van der Waals surface area (Å²) in [6.45, 7) is 0.309. The first kappa shape index (κ1) is 16.7. The van der Waals surface area contributed by atoms with E-state index in [-0.39, 0.29) is 10.8 Å². The predicted octanol–water partition coefficient (Wildman–Crippen LogP) is 1.75. The van der Waals surface area contributed by atoms with Crippen molar-refractivity contribution in [2.45, 2.75) is 23.8 Å². The van der Waals surface area contributed by atoms with Gasteiger partial charge in [0.1, 0.15) is 12.4 Å². The Hall–Kier alpha value is -2.78. The van der Waals surface area contributed by atoms with Crippen LogP contribution in [0.4, 0.5) is 5.95 Å². The molecule has 2 aromatic carbocycles. The lowest BCUT2D eigenvalue weighted by Crippen LogP contribution is -2.43. The van der Waals surface area contributed by atoms with Gasteiger partial charge in [0, 0.05) is 6.54 Å². The van der Waals surface area contributed by atoms with Crippen LogP contribution < -0.4 is 5.32 Å². The highest BCUT2D eigenvalue weighted by Crippen LogP contribution is 2.28. The van der Waals surface area contributed by atoms with Gasteiger partial charge in [-0.3, -0.25) is 10.1 Å². The number of amides is 1. The zero-order chi connectivity index (χ0) is 18.1. The standard InChI is InChI=1S/C17H17N5O3S/c23-16(20-17-18-11-19-21-17)15-6-3-9-22(15)26(24,25)14-8-7-12-4-1-2-5-13(12)10-14/h1-2,4-5,7-8,10-11,15H,3,6,9H2,(H2,18,19,20,21,23). The van der Waals surface area contributed by atoms with Gasteiger partial charge in [0.25, 0.3) is 0 Å². The molecule has 1 aromatic heterocycles. The first-order valence-electron chi connectivity index (χ1n) is 8.22. The minimum atomic E-state index is -3.78. The van der Waals surface area contributed by atoms with Crippen LogP contribution in [0.1, 0.15) is 12.8 Å². The second kappa shape index (κ2) is 6.50. The SMILES string of the molecule is O=C(Nc1ncn[nH]1)C1CCCN1S(=O)(=O)c1ccc2ccccc2c1. The molecule has 0 saturated carbocycles. The molecule has 3 aromatic rings. The fraction of sp³-hybridized carbons (Fsp3) is 0.235. The summed E-state index contributed by atoms with van der Waals surface area (Å²) in [7, 11) is -3.78.